The van der Waals surface area contributed by atoms with E-state index in [4.69, 9.17) is 11.6 Å². The first kappa shape index (κ1) is 15.2. The van der Waals surface area contributed by atoms with Gasteiger partial charge in [-0.2, -0.15) is 23.7 Å². The molecule has 0 fully saturated rings. The van der Waals surface area contributed by atoms with Crippen molar-refractivity contribution in [3.8, 4) is 0 Å². The number of halogens is 3. The van der Waals surface area contributed by atoms with Crippen LogP contribution in [-0.2, 0) is 12.4 Å². The molecule has 0 radical (unpaired) electrons. The highest BCUT2D eigenvalue weighted by molar-refractivity contribution is 8.04. The van der Waals surface area contributed by atoms with Gasteiger partial charge in [0.15, 0.2) is 0 Å². The molecule has 3 heterocycles. The molecule has 0 bridgehead atoms. The van der Waals surface area contributed by atoms with Gasteiger partial charge < -0.3 is 0 Å². The van der Waals surface area contributed by atoms with E-state index in [0.29, 0.717) is 5.71 Å². The van der Waals surface area contributed by atoms with Crippen molar-refractivity contribution in [2.24, 2.45) is 12.1 Å². The Morgan fingerprint density at radius 1 is 1.32 bits per heavy atom. The largest absolute Gasteiger partial charge is 0.383 e. The number of rotatable bonds is 2. The van der Waals surface area contributed by atoms with Crippen LogP contribution < -0.4 is 0 Å². The average Bonchev–Trinajstić information content (AvgIpc) is 2.97. The molecule has 1 aliphatic heterocycles. The second-order valence-corrected chi connectivity index (χ2v) is 6.20. The molecule has 0 saturated heterocycles. The molecule has 1 aliphatic rings. The van der Waals surface area contributed by atoms with Gasteiger partial charge in [0.25, 0.3) is 0 Å². The Morgan fingerprint density at radius 2 is 2.05 bits per heavy atom. The molecular weight excluding hydrogens is 334 g/mol. The summed E-state index contributed by atoms with van der Waals surface area (Å²) < 4.78 is 29.2. The normalized spacial score (nSPS) is 16.8. The van der Waals surface area contributed by atoms with Gasteiger partial charge in [0.2, 0.25) is 11.0 Å². The highest BCUT2D eigenvalue weighted by atomic mass is 35.5. The molecular formula is C12H11ClF2N6S. The van der Waals surface area contributed by atoms with Gasteiger partial charge in [-0.1, -0.05) is 0 Å². The van der Waals surface area contributed by atoms with Gasteiger partial charge in [-0.05, 0) is 43.3 Å². The molecule has 0 aromatic carbocycles. The Balaban J connectivity index is 2.02. The molecule has 0 spiro atoms. The van der Waals surface area contributed by atoms with E-state index in [1.165, 1.54) is 11.8 Å². The van der Waals surface area contributed by atoms with Gasteiger partial charge in [-0.25, -0.2) is 0 Å². The lowest BCUT2D eigenvalue weighted by atomic mass is 10.2. The number of nitrogens with zero attached hydrogens (tertiary/aromatic N) is 6. The second kappa shape index (κ2) is 5.17. The molecule has 0 aliphatic carbocycles. The maximum absolute atomic E-state index is 13.2. The highest BCUT2D eigenvalue weighted by Crippen LogP contribution is 2.38. The summed E-state index contributed by atoms with van der Waals surface area (Å²) in [6.45, 7) is 3.66. The maximum atomic E-state index is 13.2. The van der Waals surface area contributed by atoms with E-state index in [2.05, 4.69) is 20.4 Å². The summed E-state index contributed by atoms with van der Waals surface area (Å²) >= 11 is 6.22. The lowest BCUT2D eigenvalue weighted by molar-refractivity contribution is 0.0799. The fourth-order valence-corrected chi connectivity index (χ4v) is 2.88. The van der Waals surface area contributed by atoms with Crippen LogP contribution in [0, 0.1) is 6.92 Å². The van der Waals surface area contributed by atoms with Gasteiger partial charge in [0, 0.05) is 23.2 Å². The summed E-state index contributed by atoms with van der Waals surface area (Å²) in [5, 5.41) is 12.1. The number of hydrogen-bond donors (Lipinski definition) is 0. The van der Waals surface area contributed by atoms with Crippen molar-refractivity contribution in [1.29, 1.82) is 0 Å². The van der Waals surface area contributed by atoms with Gasteiger partial charge in [0.05, 0.1) is 11.9 Å². The molecule has 2 aromatic heterocycles. The number of aromatic nitrogens is 5. The number of allylic oxidation sites excluding steroid dienone is 1. The molecule has 0 N–H and O–H groups in total. The molecule has 2 aromatic rings. The predicted molar refractivity (Wildman–Crippen MR) is 80.1 cm³/mol. The highest BCUT2D eigenvalue weighted by Gasteiger charge is 2.37. The molecule has 0 unspecified atom stereocenters. The van der Waals surface area contributed by atoms with Crippen LogP contribution in [0.5, 0.6) is 0 Å². The molecule has 22 heavy (non-hydrogen) atoms. The van der Waals surface area contributed by atoms with Crippen molar-refractivity contribution < 1.29 is 8.78 Å². The number of hydrogen-bond acceptors (Lipinski definition) is 5. The first-order chi connectivity index (χ1) is 10.3. The van der Waals surface area contributed by atoms with E-state index in [9.17, 15) is 8.78 Å². The van der Waals surface area contributed by atoms with E-state index in [-0.39, 0.29) is 5.16 Å². The van der Waals surface area contributed by atoms with E-state index >= 15 is 0 Å². The molecule has 3 rings (SSSR count). The summed E-state index contributed by atoms with van der Waals surface area (Å²) in [5.41, 5.74) is 2.49. The van der Waals surface area contributed by atoms with Crippen molar-refractivity contribution in [3.63, 3.8) is 0 Å². The lowest BCUT2D eigenvalue weighted by Crippen LogP contribution is -2.15. The summed E-state index contributed by atoms with van der Waals surface area (Å²) in [4.78, 5) is 0.792. The molecule has 0 atom stereocenters. The Hall–Kier alpha value is -1.74. The molecule has 0 saturated carbocycles. The summed E-state index contributed by atoms with van der Waals surface area (Å²) in [6.07, 6.45) is 3.62. The third-order valence-electron chi connectivity index (χ3n) is 3.23. The number of aryl methyl sites for hydroxylation is 1. The van der Waals surface area contributed by atoms with E-state index in [0.717, 1.165) is 20.8 Å². The first-order valence-corrected chi connectivity index (χ1v) is 7.43. The quantitative estimate of drug-likeness (QED) is 0.786. The van der Waals surface area contributed by atoms with Gasteiger partial charge >= 0.3 is 5.38 Å². The van der Waals surface area contributed by atoms with Crippen LogP contribution in [-0.4, -0.2) is 30.4 Å². The fourth-order valence-electron chi connectivity index (χ4n) is 1.90. The van der Waals surface area contributed by atoms with Crippen LogP contribution in [0.4, 0.5) is 8.78 Å². The zero-order valence-electron chi connectivity index (χ0n) is 11.9. The minimum Gasteiger partial charge on any atom is -0.272 e. The first-order valence-electron chi connectivity index (χ1n) is 6.24. The van der Waals surface area contributed by atoms with Crippen molar-refractivity contribution in [1.82, 2.24) is 24.7 Å². The number of alkyl halides is 3. The van der Waals surface area contributed by atoms with Crippen molar-refractivity contribution >= 4 is 35.2 Å². The Labute approximate surface area is 133 Å². The van der Waals surface area contributed by atoms with Crippen LogP contribution in [0.2, 0.25) is 0 Å². The Bertz CT molecular complexity index is 801. The zero-order valence-corrected chi connectivity index (χ0v) is 13.5. The number of fused-ring (bicyclic) bond motifs is 1. The predicted octanol–water partition coefficient (Wildman–Crippen LogP) is 2.98. The summed E-state index contributed by atoms with van der Waals surface area (Å²) in [6, 6.07) is 0. The molecule has 116 valence electrons. The van der Waals surface area contributed by atoms with Gasteiger partial charge in [-0.3, -0.25) is 4.68 Å². The Morgan fingerprint density at radius 3 is 2.64 bits per heavy atom. The minimum absolute atomic E-state index is 0.244. The van der Waals surface area contributed by atoms with Crippen LogP contribution in [0.1, 0.15) is 24.0 Å². The lowest BCUT2D eigenvalue weighted by Gasteiger charge is -2.15. The molecule has 6 nitrogen and oxygen atoms in total. The van der Waals surface area contributed by atoms with Gasteiger partial charge in [0.1, 0.15) is 0 Å². The summed E-state index contributed by atoms with van der Waals surface area (Å²) in [7, 11) is 1.84. The van der Waals surface area contributed by atoms with E-state index in [1.807, 2.05) is 20.0 Å². The van der Waals surface area contributed by atoms with Crippen molar-refractivity contribution in [2.45, 2.75) is 24.4 Å². The molecule has 0 amide bonds. The van der Waals surface area contributed by atoms with Crippen LogP contribution >= 0.6 is 23.4 Å². The maximum Gasteiger partial charge on any atom is 0.383 e. The van der Waals surface area contributed by atoms with Crippen molar-refractivity contribution in [3.05, 3.63) is 28.2 Å². The second-order valence-electron chi connectivity index (χ2n) is 4.72. The fraction of sp³-hybridized carbons (Fsp3) is 0.333. The third kappa shape index (κ3) is 2.54. The summed E-state index contributed by atoms with van der Waals surface area (Å²) in [5.74, 6) is -0.687. The van der Waals surface area contributed by atoms with Crippen molar-refractivity contribution in [2.75, 3.05) is 0 Å². The topological polar surface area (TPSA) is 60.9 Å². The standard InChI is InChI=1S/C12H11ClF2N6S/c1-6-9(4-8-5-16-20(3)7(8)2)22-11-18-17-10(12(13,14)15)21(11)19-6/h4-5H,1-3H3/b9-4+. The average molecular weight is 345 g/mol. The SMILES string of the molecule is CC1=Nn2c(nnc2C(F)(F)Cl)S/C1=C/c1cnn(C)c1C. The minimum atomic E-state index is -3.61. The third-order valence-corrected chi connectivity index (χ3v) is 4.47. The molecule has 10 heteroatoms. The van der Waals surface area contributed by atoms with Crippen LogP contribution in [0.25, 0.3) is 6.08 Å². The van der Waals surface area contributed by atoms with Crippen LogP contribution in [0.3, 0.4) is 0 Å². The van der Waals surface area contributed by atoms with E-state index < -0.39 is 11.2 Å². The van der Waals surface area contributed by atoms with Gasteiger partial charge in [-0.15, -0.1) is 10.2 Å². The zero-order chi connectivity index (χ0) is 16.1. The number of thioether (sulfide) groups is 1. The van der Waals surface area contributed by atoms with Crippen LogP contribution in [0.15, 0.2) is 21.4 Å². The Kier molecular flexibility index (Phi) is 3.56. The van der Waals surface area contributed by atoms with E-state index in [1.54, 1.807) is 17.8 Å². The monoisotopic (exact) mass is 344 g/mol. The smallest absolute Gasteiger partial charge is 0.272 e.